The smallest absolute Gasteiger partial charge is 0.133 e. The maximum absolute atomic E-state index is 13.7. The zero-order valence-electron chi connectivity index (χ0n) is 16.5. The average Bonchev–Trinajstić information content (AvgIpc) is 3.10. The molecule has 0 unspecified atom stereocenters. The number of nitrogens with zero attached hydrogens (tertiary/aromatic N) is 1. The fraction of sp³-hybridized carbons (Fsp3) is 0.500. The number of carbonyl (C=O) groups is 1. The molecule has 4 rings (SSSR count). The SMILES string of the molecule is CC(C)(C)CC(=O)C[C@@H]1C[C@@H]2CC(c3ccnc4ccc(F)cc34)=C[C@@H]2C1. The van der Waals surface area contributed by atoms with E-state index in [2.05, 4.69) is 31.8 Å². The van der Waals surface area contributed by atoms with Gasteiger partial charge in [0, 0.05) is 24.4 Å². The van der Waals surface area contributed by atoms with Gasteiger partial charge in [-0.25, -0.2) is 4.39 Å². The fourth-order valence-electron chi connectivity index (χ4n) is 5.07. The van der Waals surface area contributed by atoms with E-state index in [-0.39, 0.29) is 11.2 Å². The molecule has 1 heterocycles. The second-order valence-electron chi connectivity index (χ2n) is 9.66. The number of halogens is 1. The Labute approximate surface area is 160 Å². The number of allylic oxidation sites excluding steroid dienone is 2. The van der Waals surface area contributed by atoms with E-state index in [0.717, 1.165) is 42.1 Å². The quantitative estimate of drug-likeness (QED) is 0.646. The lowest BCUT2D eigenvalue weighted by Crippen LogP contribution is -2.15. The van der Waals surface area contributed by atoms with Crippen LogP contribution in [-0.2, 0) is 4.79 Å². The predicted octanol–water partition coefficient (Wildman–Crippen LogP) is 6.20. The van der Waals surface area contributed by atoms with Gasteiger partial charge in [0.15, 0.2) is 0 Å². The van der Waals surface area contributed by atoms with Crippen molar-refractivity contribution in [2.45, 2.75) is 52.9 Å². The third kappa shape index (κ3) is 3.97. The van der Waals surface area contributed by atoms with Crippen molar-refractivity contribution in [3.8, 4) is 0 Å². The summed E-state index contributed by atoms with van der Waals surface area (Å²) < 4.78 is 13.7. The molecule has 2 aliphatic carbocycles. The first-order chi connectivity index (χ1) is 12.8. The van der Waals surface area contributed by atoms with Crippen molar-refractivity contribution in [3.05, 3.63) is 47.9 Å². The minimum Gasteiger partial charge on any atom is -0.300 e. The highest BCUT2D eigenvalue weighted by Gasteiger charge is 2.38. The van der Waals surface area contributed by atoms with E-state index in [1.54, 1.807) is 12.1 Å². The molecule has 0 bridgehead atoms. The van der Waals surface area contributed by atoms with Crippen LogP contribution in [0, 0.1) is 29.0 Å². The van der Waals surface area contributed by atoms with Gasteiger partial charge < -0.3 is 0 Å². The summed E-state index contributed by atoms with van der Waals surface area (Å²) in [6, 6.07) is 6.83. The number of aromatic nitrogens is 1. The lowest BCUT2D eigenvalue weighted by atomic mass is 9.86. The van der Waals surface area contributed by atoms with E-state index in [0.29, 0.717) is 30.0 Å². The molecule has 1 saturated carbocycles. The van der Waals surface area contributed by atoms with Crippen molar-refractivity contribution in [2.24, 2.45) is 23.2 Å². The molecule has 3 atom stereocenters. The van der Waals surface area contributed by atoms with Crippen molar-refractivity contribution < 1.29 is 9.18 Å². The Morgan fingerprint density at radius 3 is 2.78 bits per heavy atom. The van der Waals surface area contributed by atoms with Crippen LogP contribution >= 0.6 is 0 Å². The Morgan fingerprint density at radius 2 is 2.04 bits per heavy atom. The number of pyridine rings is 1. The van der Waals surface area contributed by atoms with Crippen LogP contribution in [0.3, 0.4) is 0 Å². The first-order valence-electron chi connectivity index (χ1n) is 10.1. The van der Waals surface area contributed by atoms with Gasteiger partial charge in [0.1, 0.15) is 11.6 Å². The molecule has 27 heavy (non-hydrogen) atoms. The molecule has 2 aliphatic rings. The van der Waals surface area contributed by atoms with Crippen LogP contribution in [0.4, 0.5) is 4.39 Å². The van der Waals surface area contributed by atoms with E-state index in [1.807, 2.05) is 12.3 Å². The van der Waals surface area contributed by atoms with Crippen LogP contribution in [0.15, 0.2) is 36.5 Å². The van der Waals surface area contributed by atoms with Gasteiger partial charge in [-0.05, 0) is 77.8 Å². The average molecular weight is 365 g/mol. The van der Waals surface area contributed by atoms with Crippen molar-refractivity contribution in [2.75, 3.05) is 0 Å². The topological polar surface area (TPSA) is 30.0 Å². The Bertz CT molecular complexity index is 908. The van der Waals surface area contributed by atoms with Gasteiger partial charge in [-0.2, -0.15) is 0 Å². The highest BCUT2D eigenvalue weighted by atomic mass is 19.1. The molecule has 142 valence electrons. The van der Waals surface area contributed by atoms with Gasteiger partial charge in [-0.3, -0.25) is 9.78 Å². The standard InChI is InChI=1S/C24H28FNO/c1-24(2,3)14-20(27)10-15-8-16-11-18(12-17(16)9-15)21-6-7-26-23-5-4-19(25)13-22(21)23/h4-7,11,13,15-17H,8-10,12,14H2,1-3H3/t15-,16-,17+/m0/s1. The number of fused-ring (bicyclic) bond motifs is 2. The highest BCUT2D eigenvalue weighted by molar-refractivity contribution is 5.92. The number of hydrogen-bond acceptors (Lipinski definition) is 2. The van der Waals surface area contributed by atoms with Gasteiger partial charge in [0.25, 0.3) is 0 Å². The summed E-state index contributed by atoms with van der Waals surface area (Å²) in [6.07, 6.45) is 8.89. The Morgan fingerprint density at radius 1 is 1.22 bits per heavy atom. The first kappa shape index (κ1) is 18.3. The summed E-state index contributed by atoms with van der Waals surface area (Å²) in [7, 11) is 0. The van der Waals surface area contributed by atoms with Crippen LogP contribution in [0.1, 0.15) is 58.4 Å². The summed E-state index contributed by atoms with van der Waals surface area (Å²) in [4.78, 5) is 16.7. The largest absolute Gasteiger partial charge is 0.300 e. The van der Waals surface area contributed by atoms with E-state index >= 15 is 0 Å². The van der Waals surface area contributed by atoms with Crippen molar-refractivity contribution in [1.29, 1.82) is 0 Å². The molecule has 0 N–H and O–H groups in total. The van der Waals surface area contributed by atoms with E-state index in [9.17, 15) is 9.18 Å². The van der Waals surface area contributed by atoms with Crippen molar-refractivity contribution in [3.63, 3.8) is 0 Å². The summed E-state index contributed by atoms with van der Waals surface area (Å²) >= 11 is 0. The molecule has 0 radical (unpaired) electrons. The molecule has 0 amide bonds. The van der Waals surface area contributed by atoms with Crippen molar-refractivity contribution in [1.82, 2.24) is 4.98 Å². The zero-order chi connectivity index (χ0) is 19.2. The molecule has 2 nitrogen and oxygen atoms in total. The van der Waals surface area contributed by atoms with Gasteiger partial charge in [-0.15, -0.1) is 0 Å². The first-order valence-corrected chi connectivity index (χ1v) is 10.1. The van der Waals surface area contributed by atoms with E-state index in [1.165, 1.54) is 11.6 Å². The molecule has 1 aromatic carbocycles. The summed E-state index contributed by atoms with van der Waals surface area (Å²) in [5, 5.41) is 0.903. The maximum Gasteiger partial charge on any atom is 0.133 e. The molecule has 0 aliphatic heterocycles. The summed E-state index contributed by atoms with van der Waals surface area (Å²) in [5.41, 5.74) is 3.37. The Kier molecular flexibility index (Phi) is 4.65. The number of benzene rings is 1. The number of rotatable bonds is 4. The second kappa shape index (κ2) is 6.85. The maximum atomic E-state index is 13.7. The van der Waals surface area contributed by atoms with Crippen molar-refractivity contribution >= 4 is 22.3 Å². The van der Waals surface area contributed by atoms with Crippen LogP contribution in [0.5, 0.6) is 0 Å². The number of Topliss-reactive ketones (excluding diaryl/α,β-unsaturated/α-hetero) is 1. The number of ketones is 1. The molecule has 1 fully saturated rings. The Hall–Kier alpha value is -2.03. The Balaban J connectivity index is 1.48. The van der Waals surface area contributed by atoms with Crippen LogP contribution in [-0.4, -0.2) is 10.8 Å². The lowest BCUT2D eigenvalue weighted by Gasteiger charge is -2.18. The van der Waals surface area contributed by atoms with Gasteiger partial charge >= 0.3 is 0 Å². The predicted molar refractivity (Wildman–Crippen MR) is 108 cm³/mol. The third-order valence-corrected chi connectivity index (χ3v) is 6.04. The van der Waals surface area contributed by atoms with Crippen LogP contribution in [0.2, 0.25) is 0 Å². The summed E-state index contributed by atoms with van der Waals surface area (Å²) in [6.45, 7) is 6.39. The van der Waals surface area contributed by atoms with Gasteiger partial charge in [0.05, 0.1) is 5.52 Å². The normalized spacial score (nSPS) is 24.9. The van der Waals surface area contributed by atoms with Crippen LogP contribution in [0.25, 0.3) is 16.5 Å². The van der Waals surface area contributed by atoms with Gasteiger partial charge in [-0.1, -0.05) is 26.8 Å². The zero-order valence-corrected chi connectivity index (χ0v) is 16.5. The number of hydrogen-bond donors (Lipinski definition) is 0. The summed E-state index contributed by atoms with van der Waals surface area (Å²) in [5.74, 6) is 1.91. The molecular weight excluding hydrogens is 337 g/mol. The van der Waals surface area contributed by atoms with Gasteiger partial charge in [0.2, 0.25) is 0 Å². The van der Waals surface area contributed by atoms with Crippen LogP contribution < -0.4 is 0 Å². The second-order valence-corrected chi connectivity index (χ2v) is 9.66. The number of carbonyl (C=O) groups excluding carboxylic acids is 1. The molecule has 1 aromatic heterocycles. The monoisotopic (exact) mass is 365 g/mol. The molecule has 3 heteroatoms. The molecular formula is C24H28FNO. The minimum absolute atomic E-state index is 0.0797. The molecule has 2 aromatic rings. The fourth-order valence-corrected chi connectivity index (χ4v) is 5.07. The van der Waals surface area contributed by atoms with E-state index in [4.69, 9.17) is 0 Å². The highest BCUT2D eigenvalue weighted by Crippen LogP contribution is 2.50. The minimum atomic E-state index is -0.215. The van der Waals surface area contributed by atoms with E-state index < -0.39 is 0 Å². The lowest BCUT2D eigenvalue weighted by molar-refractivity contribution is -0.121. The molecule has 0 spiro atoms. The molecule has 0 saturated heterocycles. The third-order valence-electron chi connectivity index (χ3n) is 6.04.